The van der Waals surface area contributed by atoms with Crippen LogP contribution in [0.1, 0.15) is 32.3 Å². The van der Waals surface area contributed by atoms with Gasteiger partial charge >= 0.3 is 0 Å². The zero-order valence-electron chi connectivity index (χ0n) is 8.22. The second-order valence-corrected chi connectivity index (χ2v) is 4.24. The maximum atomic E-state index is 13.6. The molecule has 1 atom stereocenters. The van der Waals surface area contributed by atoms with Crippen molar-refractivity contribution in [2.75, 3.05) is 0 Å². The average Bonchev–Trinajstić information content (AvgIpc) is 2.09. The van der Waals surface area contributed by atoms with Gasteiger partial charge in [0.15, 0.2) is 5.82 Å². The topological polar surface area (TPSA) is 33.1 Å². The summed E-state index contributed by atoms with van der Waals surface area (Å²) in [7, 11) is 0. The van der Waals surface area contributed by atoms with Gasteiger partial charge < -0.3 is 5.11 Å². The number of hydrogen-bond acceptors (Lipinski definition) is 2. The lowest BCUT2D eigenvalue weighted by Crippen LogP contribution is -2.22. The van der Waals surface area contributed by atoms with E-state index in [9.17, 15) is 9.50 Å². The maximum absolute atomic E-state index is 13.6. The van der Waals surface area contributed by atoms with Crippen molar-refractivity contribution in [2.45, 2.75) is 32.3 Å². The second-order valence-electron chi connectivity index (χ2n) is 3.49. The molecule has 1 N–H and O–H groups in total. The van der Waals surface area contributed by atoms with Gasteiger partial charge in [0.2, 0.25) is 0 Å². The molecule has 1 aromatic heterocycles. The number of rotatable bonds is 3. The maximum Gasteiger partial charge on any atom is 0.162 e. The van der Waals surface area contributed by atoms with Gasteiger partial charge in [0, 0.05) is 11.8 Å². The predicted octanol–water partition coefficient (Wildman–Crippen LogP) is 2.99. The summed E-state index contributed by atoms with van der Waals surface area (Å²) in [4.78, 5) is 3.74. The van der Waals surface area contributed by atoms with Gasteiger partial charge in [0.05, 0.1) is 5.60 Å². The van der Waals surface area contributed by atoms with E-state index in [4.69, 9.17) is 0 Å². The predicted molar refractivity (Wildman–Crippen MR) is 56.4 cm³/mol. The van der Waals surface area contributed by atoms with Crippen LogP contribution in [0.4, 0.5) is 4.39 Å². The highest BCUT2D eigenvalue weighted by Crippen LogP contribution is 2.29. The molecular formula is C10H13BrFNO. The number of aliphatic hydroxyl groups is 1. The molecule has 78 valence electrons. The highest BCUT2D eigenvalue weighted by Gasteiger charge is 2.26. The number of nitrogens with zero attached hydrogens (tertiary/aromatic N) is 1. The van der Waals surface area contributed by atoms with Gasteiger partial charge in [0.25, 0.3) is 0 Å². The van der Waals surface area contributed by atoms with Crippen molar-refractivity contribution in [2.24, 2.45) is 0 Å². The van der Waals surface area contributed by atoms with E-state index in [0.717, 1.165) is 6.42 Å². The van der Waals surface area contributed by atoms with Crippen LogP contribution in [0.25, 0.3) is 0 Å². The average molecular weight is 262 g/mol. The fourth-order valence-electron chi connectivity index (χ4n) is 1.46. The third kappa shape index (κ3) is 2.30. The zero-order valence-corrected chi connectivity index (χ0v) is 9.81. The van der Waals surface area contributed by atoms with Crippen molar-refractivity contribution in [1.82, 2.24) is 4.98 Å². The van der Waals surface area contributed by atoms with Gasteiger partial charge in [-0.2, -0.15) is 0 Å². The third-order valence-electron chi connectivity index (χ3n) is 2.16. The highest BCUT2D eigenvalue weighted by molar-refractivity contribution is 9.10. The Balaban J connectivity index is 3.12. The summed E-state index contributed by atoms with van der Waals surface area (Å²) < 4.78 is 13.7. The second kappa shape index (κ2) is 4.36. The molecule has 0 aliphatic rings. The molecule has 0 aliphatic carbocycles. The van der Waals surface area contributed by atoms with E-state index >= 15 is 0 Å². The first-order valence-corrected chi connectivity index (χ1v) is 5.31. The van der Waals surface area contributed by atoms with Crippen LogP contribution in [0.2, 0.25) is 0 Å². The number of aromatic nitrogens is 1. The molecular weight excluding hydrogens is 249 g/mol. The van der Waals surface area contributed by atoms with E-state index < -0.39 is 11.4 Å². The normalized spacial score (nSPS) is 15.2. The first-order valence-electron chi connectivity index (χ1n) is 4.52. The van der Waals surface area contributed by atoms with E-state index in [1.807, 2.05) is 6.92 Å². The lowest BCUT2D eigenvalue weighted by Gasteiger charge is -2.23. The molecule has 1 heterocycles. The molecule has 0 fully saturated rings. The quantitative estimate of drug-likeness (QED) is 0.849. The summed E-state index contributed by atoms with van der Waals surface area (Å²) >= 11 is 2.99. The van der Waals surface area contributed by atoms with Gasteiger partial charge in [-0.3, -0.25) is 0 Å². The molecule has 0 bridgehead atoms. The molecule has 0 amide bonds. The van der Waals surface area contributed by atoms with E-state index in [2.05, 4.69) is 20.9 Å². The Morgan fingerprint density at radius 3 is 2.86 bits per heavy atom. The minimum atomic E-state index is -1.12. The molecule has 0 aliphatic heterocycles. The minimum absolute atomic E-state index is 0.145. The van der Waals surface area contributed by atoms with Gasteiger partial charge in [-0.1, -0.05) is 13.3 Å². The molecule has 1 aromatic rings. The summed E-state index contributed by atoms with van der Waals surface area (Å²) in [5.74, 6) is -0.481. The van der Waals surface area contributed by atoms with Crippen LogP contribution in [-0.4, -0.2) is 10.1 Å². The molecule has 1 unspecified atom stereocenters. The van der Waals surface area contributed by atoms with Crippen molar-refractivity contribution < 1.29 is 9.50 Å². The van der Waals surface area contributed by atoms with Crippen LogP contribution in [0.3, 0.4) is 0 Å². The van der Waals surface area contributed by atoms with Crippen molar-refractivity contribution in [1.29, 1.82) is 0 Å². The van der Waals surface area contributed by atoms with Gasteiger partial charge in [-0.25, -0.2) is 9.37 Å². The Hall–Kier alpha value is -0.480. The van der Waals surface area contributed by atoms with Gasteiger partial charge in [0.1, 0.15) is 4.60 Å². The molecule has 0 aromatic carbocycles. The summed E-state index contributed by atoms with van der Waals surface area (Å²) in [6.45, 7) is 3.56. The van der Waals surface area contributed by atoms with Crippen LogP contribution < -0.4 is 0 Å². The molecule has 0 spiro atoms. The summed E-state index contributed by atoms with van der Waals surface area (Å²) in [6.07, 6.45) is 2.80. The van der Waals surface area contributed by atoms with E-state index in [-0.39, 0.29) is 4.60 Å². The number of pyridine rings is 1. The standard InChI is InChI=1S/C10H13BrFNO/c1-3-5-10(2,14)7-4-6-13-9(11)8(7)12/h4,6,14H,3,5H2,1-2H3. The zero-order chi connectivity index (χ0) is 10.8. The Labute approximate surface area is 91.3 Å². The lowest BCUT2D eigenvalue weighted by atomic mass is 9.92. The van der Waals surface area contributed by atoms with Crippen molar-refractivity contribution in [3.8, 4) is 0 Å². The largest absolute Gasteiger partial charge is 0.385 e. The number of hydrogen-bond donors (Lipinski definition) is 1. The summed E-state index contributed by atoms with van der Waals surface area (Å²) in [6, 6.07) is 1.51. The van der Waals surface area contributed by atoms with Gasteiger partial charge in [-0.05, 0) is 35.3 Å². The summed E-state index contributed by atoms with van der Waals surface area (Å²) in [5, 5.41) is 10.0. The fraction of sp³-hybridized carbons (Fsp3) is 0.500. The monoisotopic (exact) mass is 261 g/mol. The Bertz CT molecular complexity index is 328. The van der Waals surface area contributed by atoms with Crippen LogP contribution in [0, 0.1) is 5.82 Å². The lowest BCUT2D eigenvalue weighted by molar-refractivity contribution is 0.0430. The Morgan fingerprint density at radius 1 is 1.64 bits per heavy atom. The highest BCUT2D eigenvalue weighted by atomic mass is 79.9. The van der Waals surface area contributed by atoms with Crippen LogP contribution in [0.15, 0.2) is 16.9 Å². The molecule has 0 saturated carbocycles. The number of halogens is 2. The third-order valence-corrected chi connectivity index (χ3v) is 2.72. The molecule has 0 radical (unpaired) electrons. The molecule has 2 nitrogen and oxygen atoms in total. The van der Waals surface area contributed by atoms with Crippen molar-refractivity contribution in [3.05, 3.63) is 28.2 Å². The first kappa shape index (κ1) is 11.6. The van der Waals surface area contributed by atoms with Crippen molar-refractivity contribution in [3.63, 3.8) is 0 Å². The van der Waals surface area contributed by atoms with E-state index in [0.29, 0.717) is 12.0 Å². The fourth-order valence-corrected chi connectivity index (χ4v) is 1.79. The minimum Gasteiger partial charge on any atom is -0.385 e. The van der Waals surface area contributed by atoms with E-state index in [1.165, 1.54) is 12.3 Å². The van der Waals surface area contributed by atoms with Crippen molar-refractivity contribution >= 4 is 15.9 Å². The van der Waals surface area contributed by atoms with Gasteiger partial charge in [-0.15, -0.1) is 0 Å². The first-order chi connectivity index (χ1) is 6.49. The SMILES string of the molecule is CCCC(C)(O)c1ccnc(Br)c1F. The summed E-state index contributed by atoms with van der Waals surface area (Å²) in [5.41, 5.74) is -0.828. The molecule has 4 heteroatoms. The molecule has 1 rings (SSSR count). The molecule has 14 heavy (non-hydrogen) atoms. The van der Waals surface area contributed by atoms with E-state index in [1.54, 1.807) is 6.92 Å². The van der Waals surface area contributed by atoms with Crippen LogP contribution >= 0.6 is 15.9 Å². The van der Waals surface area contributed by atoms with Crippen LogP contribution in [0.5, 0.6) is 0 Å². The Kier molecular flexibility index (Phi) is 3.61. The Morgan fingerprint density at radius 2 is 2.29 bits per heavy atom. The smallest absolute Gasteiger partial charge is 0.162 e. The van der Waals surface area contributed by atoms with Crippen LogP contribution in [-0.2, 0) is 5.60 Å². The molecule has 0 saturated heterocycles.